The highest BCUT2D eigenvalue weighted by Crippen LogP contribution is 2.27. The molecule has 0 saturated carbocycles. The van der Waals surface area contributed by atoms with Crippen molar-refractivity contribution in [3.8, 4) is 5.75 Å². The number of ether oxygens (including phenoxy) is 3. The van der Waals surface area contributed by atoms with Crippen LogP contribution in [0.1, 0.15) is 20.3 Å². The van der Waals surface area contributed by atoms with Crippen LogP contribution in [0, 0.1) is 0 Å². The Morgan fingerprint density at radius 1 is 1.21 bits per heavy atom. The Bertz CT molecular complexity index is 368. The summed E-state index contributed by atoms with van der Waals surface area (Å²) >= 11 is 6.06. The van der Waals surface area contributed by atoms with E-state index in [4.69, 9.17) is 25.8 Å². The predicted molar refractivity (Wildman–Crippen MR) is 78.2 cm³/mol. The summed E-state index contributed by atoms with van der Waals surface area (Å²) in [6.07, 6.45) is 0.627. The minimum atomic E-state index is -0.156. The van der Waals surface area contributed by atoms with Gasteiger partial charge in [-0.2, -0.15) is 0 Å². The van der Waals surface area contributed by atoms with Gasteiger partial charge in [-0.25, -0.2) is 0 Å². The van der Waals surface area contributed by atoms with Gasteiger partial charge in [0.1, 0.15) is 5.75 Å². The topological polar surface area (TPSA) is 39.7 Å². The molecule has 1 rings (SSSR count). The zero-order valence-corrected chi connectivity index (χ0v) is 12.5. The molecule has 0 spiro atoms. The monoisotopic (exact) mass is 287 g/mol. The molecular weight excluding hydrogens is 266 g/mol. The maximum absolute atomic E-state index is 6.06. The van der Waals surface area contributed by atoms with Crippen LogP contribution in [0.3, 0.4) is 0 Å². The van der Waals surface area contributed by atoms with Crippen molar-refractivity contribution in [3.63, 3.8) is 0 Å². The van der Waals surface area contributed by atoms with Gasteiger partial charge in [-0.05, 0) is 32.0 Å². The van der Waals surface area contributed by atoms with Gasteiger partial charge in [0.15, 0.2) is 6.29 Å². The van der Waals surface area contributed by atoms with Crippen molar-refractivity contribution in [2.75, 3.05) is 32.2 Å². The lowest BCUT2D eigenvalue weighted by molar-refractivity contribution is -0.137. The van der Waals surface area contributed by atoms with Crippen molar-refractivity contribution in [2.24, 2.45) is 0 Å². The Labute approximate surface area is 120 Å². The Balaban J connectivity index is 2.41. The zero-order valence-electron chi connectivity index (χ0n) is 11.7. The highest BCUT2D eigenvalue weighted by atomic mass is 35.5. The number of methoxy groups -OCH3 is 1. The van der Waals surface area contributed by atoms with Crippen LogP contribution in [-0.4, -0.2) is 33.2 Å². The molecule has 0 aliphatic carbocycles. The van der Waals surface area contributed by atoms with E-state index in [1.807, 2.05) is 32.0 Å². The molecule has 0 aliphatic rings. The lowest BCUT2D eigenvalue weighted by Crippen LogP contribution is -2.21. The molecule has 0 atom stereocenters. The number of anilines is 1. The molecule has 0 saturated heterocycles. The molecule has 0 amide bonds. The quantitative estimate of drug-likeness (QED) is 0.705. The molecule has 1 aromatic rings. The van der Waals surface area contributed by atoms with Crippen LogP contribution in [-0.2, 0) is 9.47 Å². The van der Waals surface area contributed by atoms with Crippen LogP contribution in [0.25, 0.3) is 0 Å². The van der Waals surface area contributed by atoms with Gasteiger partial charge in [-0.3, -0.25) is 0 Å². The van der Waals surface area contributed by atoms with E-state index in [1.165, 1.54) is 0 Å². The minimum Gasteiger partial charge on any atom is -0.495 e. The predicted octanol–water partition coefficient (Wildman–Crippen LogP) is 3.55. The van der Waals surface area contributed by atoms with Gasteiger partial charge in [-0.1, -0.05) is 11.6 Å². The summed E-state index contributed by atoms with van der Waals surface area (Å²) in [6, 6.07) is 5.62. The van der Waals surface area contributed by atoms with Crippen molar-refractivity contribution in [1.82, 2.24) is 0 Å². The molecule has 0 heterocycles. The lowest BCUT2D eigenvalue weighted by Gasteiger charge is -2.17. The molecule has 1 N–H and O–H groups in total. The van der Waals surface area contributed by atoms with E-state index in [-0.39, 0.29) is 6.29 Å². The van der Waals surface area contributed by atoms with Gasteiger partial charge in [0, 0.05) is 31.9 Å². The second-order valence-corrected chi connectivity index (χ2v) is 4.31. The normalized spacial score (nSPS) is 10.8. The van der Waals surface area contributed by atoms with E-state index in [1.54, 1.807) is 7.11 Å². The smallest absolute Gasteiger partial charge is 0.159 e. The number of hydrogen-bond acceptors (Lipinski definition) is 4. The van der Waals surface area contributed by atoms with Crippen molar-refractivity contribution < 1.29 is 14.2 Å². The van der Waals surface area contributed by atoms with Gasteiger partial charge in [0.05, 0.1) is 12.1 Å². The molecule has 0 aliphatic heterocycles. The number of nitrogens with one attached hydrogen (secondary N) is 1. The van der Waals surface area contributed by atoms with E-state index < -0.39 is 0 Å². The van der Waals surface area contributed by atoms with E-state index in [9.17, 15) is 0 Å². The molecule has 0 radical (unpaired) electrons. The molecule has 0 aromatic heterocycles. The van der Waals surface area contributed by atoms with Crippen LogP contribution in [0.4, 0.5) is 5.69 Å². The third-order valence-corrected chi connectivity index (χ3v) is 2.86. The van der Waals surface area contributed by atoms with E-state index in [0.29, 0.717) is 24.0 Å². The fourth-order valence-corrected chi connectivity index (χ4v) is 1.95. The lowest BCUT2D eigenvalue weighted by atomic mass is 10.3. The maximum Gasteiger partial charge on any atom is 0.159 e. The Morgan fingerprint density at radius 2 is 1.89 bits per heavy atom. The van der Waals surface area contributed by atoms with Crippen molar-refractivity contribution in [3.05, 3.63) is 23.2 Å². The maximum atomic E-state index is 6.06. The zero-order chi connectivity index (χ0) is 14.1. The average molecular weight is 288 g/mol. The largest absolute Gasteiger partial charge is 0.495 e. The fourth-order valence-electron chi connectivity index (χ4n) is 1.70. The van der Waals surface area contributed by atoms with Crippen LogP contribution >= 0.6 is 11.6 Å². The third kappa shape index (κ3) is 5.68. The van der Waals surface area contributed by atoms with Gasteiger partial charge >= 0.3 is 0 Å². The average Bonchev–Trinajstić information content (AvgIpc) is 2.39. The SMILES string of the molecule is CCOC(CCNc1ccc(OC)c(Cl)c1)OCC. The highest BCUT2D eigenvalue weighted by molar-refractivity contribution is 6.32. The molecule has 108 valence electrons. The van der Waals surface area contributed by atoms with Crippen LogP contribution < -0.4 is 10.1 Å². The first-order valence-corrected chi connectivity index (χ1v) is 6.89. The Kier molecular flexibility index (Phi) is 7.63. The summed E-state index contributed by atoms with van der Waals surface area (Å²) in [6.45, 7) is 5.98. The number of hydrogen-bond donors (Lipinski definition) is 1. The van der Waals surface area contributed by atoms with E-state index in [2.05, 4.69) is 5.32 Å². The Hall–Kier alpha value is -0.970. The molecule has 5 heteroatoms. The summed E-state index contributed by atoms with van der Waals surface area (Å²) < 4.78 is 16.1. The molecular formula is C14H22ClNO3. The first kappa shape index (κ1) is 16.1. The van der Waals surface area contributed by atoms with Crippen LogP contribution in [0.5, 0.6) is 5.75 Å². The second kappa shape index (κ2) is 9.02. The van der Waals surface area contributed by atoms with Gasteiger partial charge in [0.25, 0.3) is 0 Å². The van der Waals surface area contributed by atoms with Crippen molar-refractivity contribution in [2.45, 2.75) is 26.6 Å². The second-order valence-electron chi connectivity index (χ2n) is 3.91. The molecule has 1 aromatic carbocycles. The summed E-state index contributed by atoms with van der Waals surface area (Å²) in [5.41, 5.74) is 0.956. The minimum absolute atomic E-state index is 0.156. The number of benzene rings is 1. The summed E-state index contributed by atoms with van der Waals surface area (Å²) in [7, 11) is 1.60. The highest BCUT2D eigenvalue weighted by Gasteiger charge is 2.07. The first-order valence-electron chi connectivity index (χ1n) is 6.51. The molecule has 19 heavy (non-hydrogen) atoms. The third-order valence-electron chi connectivity index (χ3n) is 2.57. The standard InChI is InChI=1S/C14H22ClNO3/c1-4-18-14(19-5-2)8-9-16-11-6-7-13(17-3)12(15)10-11/h6-7,10,14,16H,4-5,8-9H2,1-3H3. The summed E-state index contributed by atoms with van der Waals surface area (Å²) in [5, 5.41) is 3.88. The summed E-state index contributed by atoms with van der Waals surface area (Å²) in [4.78, 5) is 0. The summed E-state index contributed by atoms with van der Waals surface area (Å²) in [5.74, 6) is 0.675. The first-order chi connectivity index (χ1) is 9.21. The fraction of sp³-hybridized carbons (Fsp3) is 0.571. The van der Waals surface area contributed by atoms with Crippen molar-refractivity contribution >= 4 is 17.3 Å². The van der Waals surface area contributed by atoms with Crippen LogP contribution in [0.15, 0.2) is 18.2 Å². The molecule has 0 bridgehead atoms. The number of rotatable bonds is 9. The van der Waals surface area contributed by atoms with E-state index in [0.717, 1.165) is 18.7 Å². The van der Waals surface area contributed by atoms with E-state index >= 15 is 0 Å². The Morgan fingerprint density at radius 3 is 2.42 bits per heavy atom. The van der Waals surface area contributed by atoms with Gasteiger partial charge < -0.3 is 19.5 Å². The van der Waals surface area contributed by atoms with Crippen molar-refractivity contribution in [1.29, 1.82) is 0 Å². The molecule has 0 unspecified atom stereocenters. The van der Waals surface area contributed by atoms with Crippen LogP contribution in [0.2, 0.25) is 5.02 Å². The molecule has 0 fully saturated rings. The van der Waals surface area contributed by atoms with Gasteiger partial charge in [-0.15, -0.1) is 0 Å². The molecule has 4 nitrogen and oxygen atoms in total. The van der Waals surface area contributed by atoms with Gasteiger partial charge in [0.2, 0.25) is 0 Å². The number of halogens is 1.